The number of hydrogen-bond donors (Lipinski definition) is 0. The molecule has 0 amide bonds. The van der Waals surface area contributed by atoms with Crippen LogP contribution in [0, 0.1) is 11.5 Å². The Hall–Kier alpha value is -2.62. The number of benzene rings is 1. The van der Waals surface area contributed by atoms with Crippen molar-refractivity contribution in [1.29, 1.82) is 5.26 Å². The third-order valence-electron chi connectivity index (χ3n) is 2.88. The van der Waals surface area contributed by atoms with Crippen LogP contribution >= 0.6 is 22.9 Å². The summed E-state index contributed by atoms with van der Waals surface area (Å²) >= 11 is 7.14. The van der Waals surface area contributed by atoms with Gasteiger partial charge in [0.2, 0.25) is 11.0 Å². The van der Waals surface area contributed by atoms with Gasteiger partial charge in [-0.1, -0.05) is 23.7 Å². The molecule has 0 unspecified atom stereocenters. The standard InChI is InChI=1S/C15H8ClN3O2S/c16-11-3-1-2-10(8-11)12-4-5-13(21-12)14(20)19-6-7-22-15(19)18-9-17/h1-8H. The van der Waals surface area contributed by atoms with Gasteiger partial charge in [0.05, 0.1) is 0 Å². The Morgan fingerprint density at radius 3 is 3.00 bits per heavy atom. The SMILES string of the molecule is N#CN=c1sccn1C(=O)c1ccc(-c2cccc(Cl)c2)o1. The number of halogens is 1. The molecule has 0 aliphatic carbocycles. The first-order chi connectivity index (χ1) is 10.7. The second-order valence-electron chi connectivity index (χ2n) is 4.25. The third-order valence-corrected chi connectivity index (χ3v) is 3.87. The van der Waals surface area contributed by atoms with Gasteiger partial charge in [-0.3, -0.25) is 9.36 Å². The van der Waals surface area contributed by atoms with Crippen LogP contribution in [0.3, 0.4) is 0 Å². The van der Waals surface area contributed by atoms with Gasteiger partial charge in [0.15, 0.2) is 5.76 Å². The molecule has 2 heterocycles. The lowest BCUT2D eigenvalue weighted by Crippen LogP contribution is -2.22. The van der Waals surface area contributed by atoms with E-state index in [0.717, 1.165) is 5.56 Å². The van der Waals surface area contributed by atoms with Crippen molar-refractivity contribution >= 4 is 28.8 Å². The minimum absolute atomic E-state index is 0.160. The molecule has 22 heavy (non-hydrogen) atoms. The van der Waals surface area contributed by atoms with E-state index in [-0.39, 0.29) is 11.7 Å². The van der Waals surface area contributed by atoms with E-state index in [1.54, 1.807) is 48.1 Å². The lowest BCUT2D eigenvalue weighted by molar-refractivity contribution is 0.0930. The van der Waals surface area contributed by atoms with Crippen molar-refractivity contribution < 1.29 is 9.21 Å². The number of furan rings is 1. The minimum atomic E-state index is -0.386. The molecule has 0 radical (unpaired) electrons. The van der Waals surface area contributed by atoms with Gasteiger partial charge >= 0.3 is 0 Å². The number of hydrogen-bond acceptors (Lipinski definition) is 5. The average Bonchev–Trinajstić information content (AvgIpc) is 3.16. The number of rotatable bonds is 2. The van der Waals surface area contributed by atoms with Crippen LogP contribution in [0.4, 0.5) is 0 Å². The predicted octanol–water partition coefficient (Wildman–Crippen LogP) is 3.53. The molecule has 1 aromatic carbocycles. The summed E-state index contributed by atoms with van der Waals surface area (Å²) in [5.74, 6) is 0.316. The molecule has 5 nitrogen and oxygen atoms in total. The summed E-state index contributed by atoms with van der Waals surface area (Å²) in [5.41, 5.74) is 0.781. The minimum Gasteiger partial charge on any atom is -0.451 e. The Morgan fingerprint density at radius 1 is 1.36 bits per heavy atom. The number of nitriles is 1. The van der Waals surface area contributed by atoms with Crippen LogP contribution in [0.2, 0.25) is 5.02 Å². The zero-order valence-corrected chi connectivity index (χ0v) is 12.6. The molecule has 7 heteroatoms. The van der Waals surface area contributed by atoms with E-state index < -0.39 is 0 Å². The smallest absolute Gasteiger partial charge is 0.299 e. The maximum absolute atomic E-state index is 12.4. The molecule has 108 valence electrons. The van der Waals surface area contributed by atoms with Gasteiger partial charge in [0.25, 0.3) is 5.91 Å². The Labute approximate surface area is 134 Å². The first kappa shape index (κ1) is 14.3. The van der Waals surface area contributed by atoms with E-state index in [1.165, 1.54) is 15.9 Å². The third kappa shape index (κ3) is 2.72. The van der Waals surface area contributed by atoms with Crippen molar-refractivity contribution in [3.8, 4) is 17.5 Å². The highest BCUT2D eigenvalue weighted by Gasteiger charge is 2.15. The van der Waals surface area contributed by atoms with Gasteiger partial charge in [-0.25, -0.2) is 0 Å². The molecule has 0 aliphatic rings. The van der Waals surface area contributed by atoms with Crippen LogP contribution in [0.15, 0.2) is 57.4 Å². The Kier molecular flexibility index (Phi) is 3.92. The fourth-order valence-corrected chi connectivity index (χ4v) is 2.76. The summed E-state index contributed by atoms with van der Waals surface area (Å²) in [6, 6.07) is 10.4. The second-order valence-corrected chi connectivity index (χ2v) is 5.56. The lowest BCUT2D eigenvalue weighted by Gasteiger charge is -1.99. The zero-order valence-electron chi connectivity index (χ0n) is 11.1. The number of carbonyl (C=O) groups excluding carboxylic acids is 1. The van der Waals surface area contributed by atoms with Crippen LogP contribution in [0.5, 0.6) is 0 Å². The summed E-state index contributed by atoms with van der Waals surface area (Å²) in [6.45, 7) is 0. The van der Waals surface area contributed by atoms with Crippen molar-refractivity contribution in [1.82, 2.24) is 4.57 Å². The predicted molar refractivity (Wildman–Crippen MR) is 82.4 cm³/mol. The fraction of sp³-hybridized carbons (Fsp3) is 0. The van der Waals surface area contributed by atoms with Crippen LogP contribution in [-0.2, 0) is 0 Å². The molecule has 0 fully saturated rings. The normalized spacial score (nSPS) is 11.4. The molecule has 3 aromatic rings. The number of thiazole rings is 1. The van der Waals surface area contributed by atoms with E-state index in [4.69, 9.17) is 21.3 Å². The summed E-state index contributed by atoms with van der Waals surface area (Å²) in [5, 5.41) is 10.9. The first-order valence-electron chi connectivity index (χ1n) is 6.18. The van der Waals surface area contributed by atoms with Gasteiger partial charge in [0, 0.05) is 22.2 Å². The second kappa shape index (κ2) is 6.02. The van der Waals surface area contributed by atoms with Gasteiger partial charge in [0.1, 0.15) is 5.76 Å². The molecular weight excluding hydrogens is 322 g/mol. The van der Waals surface area contributed by atoms with Crippen LogP contribution in [-0.4, -0.2) is 10.5 Å². The van der Waals surface area contributed by atoms with Crippen molar-refractivity contribution in [3.63, 3.8) is 0 Å². The highest BCUT2D eigenvalue weighted by Crippen LogP contribution is 2.25. The van der Waals surface area contributed by atoms with E-state index in [0.29, 0.717) is 15.6 Å². The van der Waals surface area contributed by atoms with Crippen LogP contribution in [0.1, 0.15) is 10.6 Å². The van der Waals surface area contributed by atoms with E-state index in [2.05, 4.69) is 4.99 Å². The van der Waals surface area contributed by atoms with E-state index >= 15 is 0 Å². The van der Waals surface area contributed by atoms with Crippen molar-refractivity contribution in [2.75, 3.05) is 0 Å². The summed E-state index contributed by atoms with van der Waals surface area (Å²) in [7, 11) is 0. The van der Waals surface area contributed by atoms with E-state index in [1.807, 2.05) is 6.07 Å². The molecule has 0 atom stereocenters. The average molecular weight is 330 g/mol. The Bertz CT molecular complexity index is 946. The van der Waals surface area contributed by atoms with Gasteiger partial charge in [-0.05, 0) is 24.3 Å². The Balaban J connectivity index is 1.97. The van der Waals surface area contributed by atoms with Crippen LogP contribution in [0.25, 0.3) is 11.3 Å². The molecule has 0 bridgehead atoms. The number of aromatic nitrogens is 1. The maximum atomic E-state index is 12.4. The molecule has 2 aromatic heterocycles. The van der Waals surface area contributed by atoms with Gasteiger partial charge in [-0.15, -0.1) is 16.3 Å². The molecule has 0 saturated heterocycles. The summed E-state index contributed by atoms with van der Waals surface area (Å²) in [6.07, 6.45) is 3.22. The zero-order chi connectivity index (χ0) is 15.5. The molecule has 0 aliphatic heterocycles. The molecule has 3 rings (SSSR count). The lowest BCUT2D eigenvalue weighted by atomic mass is 10.2. The van der Waals surface area contributed by atoms with Gasteiger partial charge in [-0.2, -0.15) is 5.26 Å². The Morgan fingerprint density at radius 2 is 2.23 bits per heavy atom. The number of carbonyl (C=O) groups is 1. The maximum Gasteiger partial charge on any atom is 0.299 e. The van der Waals surface area contributed by atoms with Crippen LogP contribution < -0.4 is 4.80 Å². The van der Waals surface area contributed by atoms with Crippen molar-refractivity contribution in [2.45, 2.75) is 0 Å². The monoisotopic (exact) mass is 329 g/mol. The fourth-order valence-electron chi connectivity index (χ4n) is 1.92. The molecule has 0 N–H and O–H groups in total. The molecule has 0 spiro atoms. The summed E-state index contributed by atoms with van der Waals surface area (Å²) < 4.78 is 6.87. The van der Waals surface area contributed by atoms with Gasteiger partial charge < -0.3 is 4.42 Å². The van der Waals surface area contributed by atoms with E-state index in [9.17, 15) is 4.79 Å². The van der Waals surface area contributed by atoms with Crippen molar-refractivity contribution in [2.24, 2.45) is 4.99 Å². The highest BCUT2D eigenvalue weighted by molar-refractivity contribution is 7.07. The molecular formula is C15H8ClN3O2S. The first-order valence-corrected chi connectivity index (χ1v) is 7.44. The largest absolute Gasteiger partial charge is 0.451 e. The number of nitrogens with zero attached hydrogens (tertiary/aromatic N) is 3. The van der Waals surface area contributed by atoms with Crippen molar-refractivity contribution in [3.05, 3.63) is 63.6 Å². The highest BCUT2D eigenvalue weighted by atomic mass is 35.5. The molecule has 0 saturated carbocycles. The quantitative estimate of drug-likeness (QED) is 0.675. The summed E-state index contributed by atoms with van der Waals surface area (Å²) in [4.78, 5) is 16.3. The topological polar surface area (TPSA) is 71.3 Å².